The molecule has 0 bridgehead atoms. The molecule has 1 N–H and O–H groups in total. The summed E-state index contributed by atoms with van der Waals surface area (Å²) in [6.07, 6.45) is 7.31. The van der Waals surface area contributed by atoms with Crippen molar-refractivity contribution < 1.29 is 9.84 Å². The third-order valence-corrected chi connectivity index (χ3v) is 4.05. The molecule has 0 amide bonds. The molecule has 22 heavy (non-hydrogen) atoms. The average Bonchev–Trinajstić information content (AvgIpc) is 3.01. The summed E-state index contributed by atoms with van der Waals surface area (Å²) >= 11 is 0. The van der Waals surface area contributed by atoms with Crippen LogP contribution in [0, 0.1) is 5.41 Å². The maximum Gasteiger partial charge on any atom is 0.119 e. The van der Waals surface area contributed by atoms with E-state index in [1.54, 1.807) is 19.6 Å². The highest BCUT2D eigenvalue weighted by atomic mass is 16.5. The monoisotopic (exact) mass is 300 g/mol. The van der Waals surface area contributed by atoms with Crippen molar-refractivity contribution in [3.63, 3.8) is 0 Å². The summed E-state index contributed by atoms with van der Waals surface area (Å²) < 4.78 is 7.25. The van der Waals surface area contributed by atoms with Crippen LogP contribution in [0.2, 0.25) is 0 Å². The van der Waals surface area contributed by atoms with E-state index < -0.39 is 6.10 Å². The van der Waals surface area contributed by atoms with Gasteiger partial charge in [-0.3, -0.25) is 0 Å². The highest BCUT2D eigenvalue weighted by Crippen LogP contribution is 2.36. The van der Waals surface area contributed by atoms with Crippen molar-refractivity contribution >= 4 is 0 Å². The molecule has 0 aliphatic heterocycles. The third kappa shape index (κ3) is 3.39. The molecule has 118 valence electrons. The molecule has 1 aromatic carbocycles. The lowest BCUT2D eigenvalue weighted by atomic mass is 9.78. The Kier molecular flexibility index (Phi) is 5.03. The Bertz CT molecular complexity index is 605. The van der Waals surface area contributed by atoms with Crippen LogP contribution in [0.1, 0.15) is 31.9 Å². The summed E-state index contributed by atoms with van der Waals surface area (Å²) in [4.78, 5) is 4.12. The van der Waals surface area contributed by atoms with Crippen LogP contribution >= 0.6 is 0 Å². The molecule has 0 saturated heterocycles. The standard InChI is InChI=1S/C18H24N2O2/c1-5-9-18(2,3)17(21)16(20-11-10-19-13-20)14-7-6-8-15(12-14)22-4/h5-8,10-13,16-17,21H,1,9H2,2-4H3. The lowest BCUT2D eigenvalue weighted by Crippen LogP contribution is -2.37. The van der Waals surface area contributed by atoms with Gasteiger partial charge in [0.15, 0.2) is 0 Å². The molecule has 0 spiro atoms. The van der Waals surface area contributed by atoms with Crippen molar-refractivity contribution in [2.75, 3.05) is 7.11 Å². The quantitative estimate of drug-likeness (QED) is 0.797. The van der Waals surface area contributed by atoms with Crippen molar-refractivity contribution in [1.29, 1.82) is 0 Å². The number of allylic oxidation sites excluding steroid dienone is 1. The van der Waals surface area contributed by atoms with Crippen LogP contribution in [0.15, 0.2) is 55.6 Å². The first-order valence-electron chi connectivity index (χ1n) is 7.40. The number of benzene rings is 1. The van der Waals surface area contributed by atoms with Crippen LogP contribution in [-0.2, 0) is 0 Å². The van der Waals surface area contributed by atoms with Crippen molar-refractivity contribution in [3.8, 4) is 5.75 Å². The molecule has 2 unspecified atom stereocenters. The number of methoxy groups -OCH3 is 1. The number of rotatable bonds is 7. The van der Waals surface area contributed by atoms with Crippen LogP contribution < -0.4 is 4.74 Å². The Labute approximate surface area is 132 Å². The van der Waals surface area contributed by atoms with Gasteiger partial charge in [0, 0.05) is 12.4 Å². The summed E-state index contributed by atoms with van der Waals surface area (Å²) in [5.41, 5.74) is 0.682. The van der Waals surface area contributed by atoms with Gasteiger partial charge in [0.2, 0.25) is 0 Å². The number of hydrogen-bond acceptors (Lipinski definition) is 3. The van der Waals surface area contributed by atoms with E-state index in [9.17, 15) is 5.11 Å². The Morgan fingerprint density at radius 1 is 1.45 bits per heavy atom. The average molecular weight is 300 g/mol. The molecule has 0 radical (unpaired) electrons. The van der Waals surface area contributed by atoms with Gasteiger partial charge in [0.05, 0.1) is 25.6 Å². The minimum absolute atomic E-state index is 0.229. The first-order chi connectivity index (χ1) is 10.5. The van der Waals surface area contributed by atoms with Gasteiger partial charge in [-0.25, -0.2) is 4.98 Å². The Morgan fingerprint density at radius 2 is 2.23 bits per heavy atom. The summed E-state index contributed by atoms with van der Waals surface area (Å²) in [5.74, 6) is 0.774. The van der Waals surface area contributed by atoms with E-state index >= 15 is 0 Å². The normalized spacial score (nSPS) is 14.4. The van der Waals surface area contributed by atoms with Crippen LogP contribution in [0.25, 0.3) is 0 Å². The van der Waals surface area contributed by atoms with Crippen LogP contribution in [0.4, 0.5) is 0 Å². The lowest BCUT2D eigenvalue weighted by Gasteiger charge is -2.36. The first-order valence-corrected chi connectivity index (χ1v) is 7.40. The van der Waals surface area contributed by atoms with Gasteiger partial charge in [-0.05, 0) is 29.5 Å². The van der Waals surface area contributed by atoms with Crippen LogP contribution in [0.5, 0.6) is 5.75 Å². The van der Waals surface area contributed by atoms with Crippen molar-refractivity contribution in [1.82, 2.24) is 9.55 Å². The molecule has 2 rings (SSSR count). The lowest BCUT2D eigenvalue weighted by molar-refractivity contribution is 0.0202. The molecule has 1 aromatic heterocycles. The molecule has 1 heterocycles. The fourth-order valence-electron chi connectivity index (χ4n) is 2.70. The van der Waals surface area contributed by atoms with E-state index in [0.29, 0.717) is 0 Å². The van der Waals surface area contributed by atoms with E-state index in [0.717, 1.165) is 17.7 Å². The molecule has 0 saturated carbocycles. The second-order valence-corrected chi connectivity index (χ2v) is 6.16. The molecule has 4 heteroatoms. The highest BCUT2D eigenvalue weighted by Gasteiger charge is 2.35. The van der Waals surface area contributed by atoms with Crippen molar-refractivity contribution in [2.24, 2.45) is 5.41 Å². The SMILES string of the molecule is C=CCC(C)(C)C(O)C(c1cccc(OC)c1)n1ccnc1. The number of hydrogen-bond donors (Lipinski definition) is 1. The number of ether oxygens (including phenoxy) is 1. The minimum atomic E-state index is -0.591. The van der Waals surface area contributed by atoms with Gasteiger partial charge in [-0.15, -0.1) is 6.58 Å². The Hall–Kier alpha value is -2.07. The van der Waals surface area contributed by atoms with E-state index in [1.165, 1.54) is 0 Å². The second-order valence-electron chi connectivity index (χ2n) is 6.16. The van der Waals surface area contributed by atoms with Crippen molar-refractivity contribution in [3.05, 3.63) is 61.2 Å². The van der Waals surface area contributed by atoms with E-state index in [1.807, 2.05) is 55.0 Å². The largest absolute Gasteiger partial charge is 0.497 e. The van der Waals surface area contributed by atoms with Crippen molar-refractivity contribution in [2.45, 2.75) is 32.4 Å². The van der Waals surface area contributed by atoms with Gasteiger partial charge >= 0.3 is 0 Å². The summed E-state index contributed by atoms with van der Waals surface area (Å²) in [6, 6.07) is 7.56. The number of aromatic nitrogens is 2. The molecule has 4 nitrogen and oxygen atoms in total. The third-order valence-electron chi connectivity index (χ3n) is 4.05. The summed E-state index contributed by atoms with van der Waals surface area (Å²) in [7, 11) is 1.64. The van der Waals surface area contributed by atoms with Gasteiger partial charge in [0.1, 0.15) is 5.75 Å². The molecule has 2 aromatic rings. The number of aliphatic hydroxyl groups excluding tert-OH is 1. The highest BCUT2D eigenvalue weighted by molar-refractivity contribution is 5.32. The number of nitrogens with zero attached hydrogens (tertiary/aromatic N) is 2. The first kappa shape index (κ1) is 16.3. The molecular weight excluding hydrogens is 276 g/mol. The van der Waals surface area contributed by atoms with Gasteiger partial charge in [0.25, 0.3) is 0 Å². The molecule has 0 aliphatic carbocycles. The van der Waals surface area contributed by atoms with Gasteiger partial charge in [-0.1, -0.05) is 32.1 Å². The van der Waals surface area contributed by atoms with E-state index in [4.69, 9.17) is 4.74 Å². The van der Waals surface area contributed by atoms with Gasteiger partial charge < -0.3 is 14.4 Å². The topological polar surface area (TPSA) is 47.3 Å². The smallest absolute Gasteiger partial charge is 0.119 e. The Morgan fingerprint density at radius 3 is 2.82 bits per heavy atom. The number of aliphatic hydroxyl groups is 1. The van der Waals surface area contributed by atoms with E-state index in [2.05, 4.69) is 11.6 Å². The molecular formula is C18H24N2O2. The fourth-order valence-corrected chi connectivity index (χ4v) is 2.70. The predicted molar refractivity (Wildman–Crippen MR) is 88.0 cm³/mol. The van der Waals surface area contributed by atoms with Gasteiger partial charge in [-0.2, -0.15) is 0 Å². The maximum absolute atomic E-state index is 11.0. The van der Waals surface area contributed by atoms with E-state index in [-0.39, 0.29) is 11.5 Å². The zero-order valence-corrected chi connectivity index (χ0v) is 13.4. The zero-order chi connectivity index (χ0) is 16.2. The predicted octanol–water partition coefficient (Wildman–Crippen LogP) is 3.44. The minimum Gasteiger partial charge on any atom is -0.497 e. The maximum atomic E-state index is 11.0. The number of imidazole rings is 1. The second kappa shape index (κ2) is 6.79. The molecule has 0 fully saturated rings. The van der Waals surface area contributed by atoms with Crippen LogP contribution in [-0.4, -0.2) is 27.9 Å². The molecule has 0 aliphatic rings. The fraction of sp³-hybridized carbons (Fsp3) is 0.389. The zero-order valence-electron chi connectivity index (χ0n) is 13.4. The summed E-state index contributed by atoms with van der Waals surface area (Å²) in [6.45, 7) is 7.89. The Balaban J connectivity index is 2.45. The summed E-state index contributed by atoms with van der Waals surface area (Å²) in [5, 5.41) is 11.0. The molecule has 2 atom stereocenters. The van der Waals surface area contributed by atoms with Crippen LogP contribution in [0.3, 0.4) is 0 Å².